The molecule has 112 valence electrons. The normalized spacial score (nSPS) is 32.8. The van der Waals surface area contributed by atoms with Crippen LogP contribution in [0.4, 0.5) is 0 Å². The molecule has 0 saturated heterocycles. The maximum atomic E-state index is 6.51. The van der Waals surface area contributed by atoms with Crippen LogP contribution in [0.3, 0.4) is 0 Å². The minimum absolute atomic E-state index is 0.0318. The summed E-state index contributed by atoms with van der Waals surface area (Å²) in [6.45, 7) is 12.4. The summed E-state index contributed by atoms with van der Waals surface area (Å²) in [6.07, 6.45) is 7.85. The van der Waals surface area contributed by atoms with Crippen LogP contribution in [-0.2, 0) is 4.74 Å². The predicted octanol–water partition coefficient (Wildman–Crippen LogP) is 4.14. The molecule has 0 aromatic heterocycles. The van der Waals surface area contributed by atoms with E-state index in [0.717, 1.165) is 24.4 Å². The molecule has 0 aliphatic heterocycles. The molecule has 2 aliphatic carbocycles. The summed E-state index contributed by atoms with van der Waals surface area (Å²) in [5.74, 6) is 1.72. The monoisotopic (exact) mass is 267 g/mol. The average Bonchev–Trinajstić information content (AvgIpc) is 3.08. The van der Waals surface area contributed by atoms with Crippen LogP contribution in [-0.4, -0.2) is 23.8 Å². The number of hydrogen-bond donors (Lipinski definition) is 1. The van der Waals surface area contributed by atoms with Crippen molar-refractivity contribution in [2.24, 2.45) is 11.8 Å². The van der Waals surface area contributed by atoms with E-state index in [1.54, 1.807) is 0 Å². The lowest BCUT2D eigenvalue weighted by atomic mass is 9.74. The molecular weight excluding hydrogens is 234 g/mol. The maximum absolute atomic E-state index is 6.51. The highest BCUT2D eigenvalue weighted by molar-refractivity contribution is 4.94. The first-order valence-electron chi connectivity index (χ1n) is 8.23. The van der Waals surface area contributed by atoms with E-state index in [9.17, 15) is 0 Å². The van der Waals surface area contributed by atoms with Crippen molar-refractivity contribution >= 4 is 0 Å². The predicted molar refractivity (Wildman–Crippen MR) is 81.4 cm³/mol. The van der Waals surface area contributed by atoms with Crippen molar-refractivity contribution in [3.05, 3.63) is 0 Å². The fraction of sp³-hybridized carbons (Fsp3) is 1.00. The van der Waals surface area contributed by atoms with E-state index in [2.05, 4.69) is 39.9 Å². The Morgan fingerprint density at radius 1 is 1.11 bits per heavy atom. The molecule has 2 aliphatic rings. The van der Waals surface area contributed by atoms with E-state index in [-0.39, 0.29) is 11.2 Å². The smallest absolute Gasteiger partial charge is 0.0813 e. The first-order chi connectivity index (χ1) is 8.80. The fourth-order valence-corrected chi connectivity index (χ4v) is 3.42. The zero-order valence-corrected chi connectivity index (χ0v) is 13.6. The highest BCUT2D eigenvalue weighted by Gasteiger charge is 2.40. The second-order valence-electron chi connectivity index (χ2n) is 8.13. The summed E-state index contributed by atoms with van der Waals surface area (Å²) in [4.78, 5) is 0. The first kappa shape index (κ1) is 15.3. The van der Waals surface area contributed by atoms with E-state index in [1.165, 1.54) is 38.5 Å². The van der Waals surface area contributed by atoms with Gasteiger partial charge >= 0.3 is 0 Å². The van der Waals surface area contributed by atoms with Crippen LogP contribution in [0.25, 0.3) is 0 Å². The van der Waals surface area contributed by atoms with Crippen LogP contribution < -0.4 is 5.32 Å². The minimum atomic E-state index is -0.0318. The van der Waals surface area contributed by atoms with Gasteiger partial charge in [0, 0.05) is 12.6 Å². The fourth-order valence-electron chi connectivity index (χ4n) is 3.42. The highest BCUT2D eigenvalue weighted by Crippen LogP contribution is 2.40. The molecule has 0 aromatic carbocycles. The molecule has 0 unspecified atom stereocenters. The van der Waals surface area contributed by atoms with Crippen LogP contribution in [0.2, 0.25) is 0 Å². The van der Waals surface area contributed by atoms with Gasteiger partial charge in [-0.2, -0.15) is 0 Å². The van der Waals surface area contributed by atoms with Crippen molar-refractivity contribution in [1.29, 1.82) is 0 Å². The Morgan fingerprint density at radius 2 is 1.68 bits per heavy atom. The summed E-state index contributed by atoms with van der Waals surface area (Å²) >= 11 is 0. The number of nitrogens with one attached hydrogen (secondary N) is 1. The van der Waals surface area contributed by atoms with Crippen LogP contribution in [0.5, 0.6) is 0 Å². The molecule has 0 amide bonds. The van der Waals surface area contributed by atoms with E-state index in [4.69, 9.17) is 4.74 Å². The van der Waals surface area contributed by atoms with E-state index in [0.29, 0.717) is 0 Å². The van der Waals surface area contributed by atoms with Gasteiger partial charge in [0.25, 0.3) is 0 Å². The zero-order valence-electron chi connectivity index (χ0n) is 13.6. The van der Waals surface area contributed by atoms with Crippen LogP contribution in [0, 0.1) is 11.8 Å². The Kier molecular flexibility index (Phi) is 4.62. The van der Waals surface area contributed by atoms with Crippen LogP contribution in [0.1, 0.15) is 73.1 Å². The van der Waals surface area contributed by atoms with Crippen molar-refractivity contribution < 1.29 is 4.74 Å². The number of rotatable bonds is 5. The van der Waals surface area contributed by atoms with Crippen molar-refractivity contribution in [2.75, 3.05) is 6.54 Å². The molecule has 1 N–H and O–H groups in total. The van der Waals surface area contributed by atoms with Crippen molar-refractivity contribution in [3.8, 4) is 0 Å². The summed E-state index contributed by atoms with van der Waals surface area (Å²) < 4.78 is 6.51. The Hall–Kier alpha value is -0.0800. The molecule has 2 saturated carbocycles. The highest BCUT2D eigenvalue weighted by atomic mass is 16.5. The lowest BCUT2D eigenvalue weighted by Crippen LogP contribution is -2.50. The van der Waals surface area contributed by atoms with Gasteiger partial charge in [0.15, 0.2) is 0 Å². The number of hydrogen-bond acceptors (Lipinski definition) is 2. The van der Waals surface area contributed by atoms with Gasteiger partial charge < -0.3 is 10.1 Å². The second-order valence-corrected chi connectivity index (χ2v) is 8.13. The molecule has 0 aromatic rings. The Labute approximate surface area is 119 Å². The molecule has 2 fully saturated rings. The van der Waals surface area contributed by atoms with Crippen molar-refractivity contribution in [2.45, 2.75) is 90.4 Å². The molecule has 0 radical (unpaired) electrons. The summed E-state index contributed by atoms with van der Waals surface area (Å²) in [7, 11) is 0. The van der Waals surface area contributed by atoms with Gasteiger partial charge in [-0.1, -0.05) is 13.8 Å². The Bertz CT molecular complexity index is 280. The van der Waals surface area contributed by atoms with Gasteiger partial charge in [-0.15, -0.1) is 0 Å². The number of ether oxygens (including phenoxy) is 1. The topological polar surface area (TPSA) is 21.3 Å². The van der Waals surface area contributed by atoms with Gasteiger partial charge in [0.1, 0.15) is 0 Å². The molecule has 0 spiro atoms. The van der Waals surface area contributed by atoms with Crippen molar-refractivity contribution in [1.82, 2.24) is 5.32 Å². The lowest BCUT2D eigenvalue weighted by molar-refractivity contribution is -0.152. The molecule has 0 bridgehead atoms. The van der Waals surface area contributed by atoms with Gasteiger partial charge in [-0.3, -0.25) is 0 Å². The zero-order chi connectivity index (χ0) is 14.1. The van der Waals surface area contributed by atoms with E-state index >= 15 is 0 Å². The third-order valence-corrected chi connectivity index (χ3v) is 4.70. The summed E-state index contributed by atoms with van der Waals surface area (Å²) in [5, 5.41) is 3.71. The molecule has 2 nitrogen and oxygen atoms in total. The largest absolute Gasteiger partial charge is 0.368 e. The third kappa shape index (κ3) is 4.75. The lowest BCUT2D eigenvalue weighted by Gasteiger charge is -2.45. The Balaban J connectivity index is 1.94. The van der Waals surface area contributed by atoms with E-state index < -0.39 is 0 Å². The summed E-state index contributed by atoms with van der Waals surface area (Å²) in [6, 6.07) is 0.781. The minimum Gasteiger partial charge on any atom is -0.368 e. The molecular formula is C17H33NO. The molecule has 19 heavy (non-hydrogen) atoms. The Morgan fingerprint density at radius 3 is 2.11 bits per heavy atom. The van der Waals surface area contributed by atoms with Gasteiger partial charge in [0.05, 0.1) is 11.2 Å². The first-order valence-corrected chi connectivity index (χ1v) is 8.23. The molecule has 0 atom stereocenters. The standard InChI is InChI=1S/C17H33NO/c1-13(2)14-8-10-17(11-9-14,19-16(3,4)5)12-18-15-6-7-15/h13-15,18H,6-12H2,1-5H3. The quantitative estimate of drug-likeness (QED) is 0.808. The van der Waals surface area contributed by atoms with Crippen LogP contribution >= 0.6 is 0 Å². The SMILES string of the molecule is CC(C)C1CCC(CNC2CC2)(OC(C)(C)C)CC1. The van der Waals surface area contributed by atoms with Crippen LogP contribution in [0.15, 0.2) is 0 Å². The summed E-state index contributed by atoms with van der Waals surface area (Å²) in [5.41, 5.74) is 0.0577. The molecule has 0 heterocycles. The molecule has 2 rings (SSSR count). The molecule has 2 heteroatoms. The van der Waals surface area contributed by atoms with Crippen molar-refractivity contribution in [3.63, 3.8) is 0 Å². The maximum Gasteiger partial charge on any atom is 0.0813 e. The van der Waals surface area contributed by atoms with Gasteiger partial charge in [-0.05, 0) is 71.1 Å². The second kappa shape index (κ2) is 5.73. The van der Waals surface area contributed by atoms with E-state index in [1.807, 2.05) is 0 Å². The van der Waals surface area contributed by atoms with Gasteiger partial charge in [-0.25, -0.2) is 0 Å². The third-order valence-electron chi connectivity index (χ3n) is 4.70. The van der Waals surface area contributed by atoms with Gasteiger partial charge in [0.2, 0.25) is 0 Å². The average molecular weight is 267 g/mol.